The number of carboxylic acids is 1. The first-order valence-electron chi connectivity index (χ1n) is 9.07. The summed E-state index contributed by atoms with van der Waals surface area (Å²) < 4.78 is 5.39. The van der Waals surface area contributed by atoms with E-state index < -0.39 is 5.97 Å². The highest BCUT2D eigenvalue weighted by atomic mass is 16.5. The van der Waals surface area contributed by atoms with Crippen LogP contribution in [0.25, 0.3) is 0 Å². The standard InChI is InChI=1S/C17H34N2O2.C4H6O2/c1-14(10-11-16(2,3)12-18(6)7)15(20)21-13-17(4,5)19(8)9;1-3(2)4(5)6/h1,10-13H2,2-9H3;1H2,2H3,(H,5,6). The van der Waals surface area contributed by atoms with Crippen LogP contribution >= 0.6 is 0 Å². The Labute approximate surface area is 165 Å². The molecular formula is C21H40N2O4. The molecule has 0 aromatic heterocycles. The van der Waals surface area contributed by atoms with Crippen LogP contribution in [0.2, 0.25) is 0 Å². The van der Waals surface area contributed by atoms with Gasteiger partial charge in [-0.1, -0.05) is 27.0 Å². The highest BCUT2D eigenvalue weighted by Crippen LogP contribution is 2.25. The molecule has 158 valence electrons. The number of ether oxygens (including phenoxy) is 1. The second kappa shape index (κ2) is 11.9. The van der Waals surface area contributed by atoms with Crippen LogP contribution in [-0.4, -0.2) is 73.7 Å². The summed E-state index contributed by atoms with van der Waals surface area (Å²) in [4.78, 5) is 25.8. The van der Waals surface area contributed by atoms with Gasteiger partial charge in [0.25, 0.3) is 0 Å². The second-order valence-corrected chi connectivity index (χ2v) is 8.87. The molecule has 0 fully saturated rings. The van der Waals surface area contributed by atoms with Crippen molar-refractivity contribution in [3.05, 3.63) is 24.3 Å². The molecule has 0 atom stereocenters. The third kappa shape index (κ3) is 14.1. The van der Waals surface area contributed by atoms with Crippen molar-refractivity contribution in [1.29, 1.82) is 0 Å². The molecule has 0 aliphatic heterocycles. The maximum atomic E-state index is 12.0. The Hall–Kier alpha value is -1.66. The molecule has 0 radical (unpaired) electrons. The zero-order chi connectivity index (χ0) is 22.0. The van der Waals surface area contributed by atoms with E-state index in [1.165, 1.54) is 6.92 Å². The van der Waals surface area contributed by atoms with E-state index in [4.69, 9.17) is 9.84 Å². The summed E-state index contributed by atoms with van der Waals surface area (Å²) in [7, 11) is 8.08. The SMILES string of the molecule is C=C(C)C(=O)O.C=C(CCC(C)(C)CN(C)C)C(=O)OCC(C)(C)N(C)C. The molecule has 6 nitrogen and oxygen atoms in total. The number of likely N-dealkylation sites (N-methyl/N-ethyl adjacent to an activating group) is 1. The summed E-state index contributed by atoms with van der Waals surface area (Å²) in [5, 5.41) is 7.89. The first kappa shape index (κ1) is 27.6. The second-order valence-electron chi connectivity index (χ2n) is 8.87. The van der Waals surface area contributed by atoms with Crippen molar-refractivity contribution < 1.29 is 19.4 Å². The van der Waals surface area contributed by atoms with Crippen molar-refractivity contribution in [2.75, 3.05) is 41.3 Å². The van der Waals surface area contributed by atoms with E-state index in [9.17, 15) is 9.59 Å². The lowest BCUT2D eigenvalue weighted by Crippen LogP contribution is -2.43. The van der Waals surface area contributed by atoms with Crippen molar-refractivity contribution in [2.45, 2.75) is 53.0 Å². The molecule has 0 heterocycles. The van der Waals surface area contributed by atoms with Gasteiger partial charge in [-0.2, -0.15) is 0 Å². The van der Waals surface area contributed by atoms with Gasteiger partial charge in [-0.15, -0.1) is 0 Å². The van der Waals surface area contributed by atoms with E-state index in [0.717, 1.165) is 13.0 Å². The zero-order valence-electron chi connectivity index (χ0n) is 18.8. The molecule has 0 unspecified atom stereocenters. The van der Waals surface area contributed by atoms with Gasteiger partial charge in [-0.3, -0.25) is 0 Å². The van der Waals surface area contributed by atoms with Gasteiger partial charge in [0.1, 0.15) is 6.61 Å². The number of nitrogens with zero attached hydrogens (tertiary/aromatic N) is 2. The third-order valence-electron chi connectivity index (χ3n) is 4.27. The summed E-state index contributed by atoms with van der Waals surface area (Å²) >= 11 is 0. The van der Waals surface area contributed by atoms with Crippen molar-refractivity contribution >= 4 is 11.9 Å². The van der Waals surface area contributed by atoms with Gasteiger partial charge in [0.05, 0.1) is 0 Å². The van der Waals surface area contributed by atoms with E-state index in [2.05, 4.69) is 46.0 Å². The Morgan fingerprint density at radius 3 is 1.81 bits per heavy atom. The maximum absolute atomic E-state index is 12.0. The number of carbonyl (C=O) groups is 2. The van der Waals surface area contributed by atoms with Crippen molar-refractivity contribution in [3.63, 3.8) is 0 Å². The average molecular weight is 385 g/mol. The minimum Gasteiger partial charge on any atom is -0.478 e. The predicted octanol–water partition coefficient (Wildman–Crippen LogP) is 3.44. The first-order chi connectivity index (χ1) is 12.0. The van der Waals surface area contributed by atoms with Crippen LogP contribution in [0.15, 0.2) is 24.3 Å². The molecule has 0 aliphatic rings. The third-order valence-corrected chi connectivity index (χ3v) is 4.27. The molecule has 0 saturated heterocycles. The molecule has 0 bridgehead atoms. The van der Waals surface area contributed by atoms with Gasteiger partial charge in [-0.25, -0.2) is 9.59 Å². The fourth-order valence-electron chi connectivity index (χ4n) is 2.00. The Kier molecular flexibility index (Phi) is 12.2. The van der Waals surface area contributed by atoms with Crippen LogP contribution in [0.1, 0.15) is 47.5 Å². The Balaban J connectivity index is 0. The first-order valence-corrected chi connectivity index (χ1v) is 9.07. The summed E-state index contributed by atoms with van der Waals surface area (Å²) in [5.74, 6) is -1.21. The smallest absolute Gasteiger partial charge is 0.333 e. The molecule has 0 aliphatic carbocycles. The van der Waals surface area contributed by atoms with E-state index >= 15 is 0 Å². The molecule has 1 N–H and O–H groups in total. The molecule has 0 amide bonds. The van der Waals surface area contributed by atoms with Crippen LogP contribution < -0.4 is 0 Å². The van der Waals surface area contributed by atoms with E-state index in [1.807, 2.05) is 32.8 Å². The number of carboxylic acid groups (broad SMARTS) is 1. The van der Waals surface area contributed by atoms with Gasteiger partial charge in [-0.05, 0) is 67.2 Å². The van der Waals surface area contributed by atoms with Crippen LogP contribution in [0.3, 0.4) is 0 Å². The van der Waals surface area contributed by atoms with Crippen molar-refractivity contribution in [3.8, 4) is 0 Å². The molecule has 0 rings (SSSR count). The van der Waals surface area contributed by atoms with Gasteiger partial charge in [0.15, 0.2) is 0 Å². The van der Waals surface area contributed by atoms with E-state index in [1.54, 1.807) is 0 Å². The lowest BCUT2D eigenvalue weighted by molar-refractivity contribution is -0.142. The lowest BCUT2D eigenvalue weighted by atomic mass is 9.86. The normalized spacial score (nSPS) is 11.7. The Morgan fingerprint density at radius 1 is 1.04 bits per heavy atom. The van der Waals surface area contributed by atoms with E-state index in [0.29, 0.717) is 18.6 Å². The van der Waals surface area contributed by atoms with Crippen molar-refractivity contribution in [2.24, 2.45) is 5.41 Å². The molecule has 0 saturated carbocycles. The van der Waals surface area contributed by atoms with Gasteiger partial charge < -0.3 is 19.6 Å². The molecule has 27 heavy (non-hydrogen) atoms. The van der Waals surface area contributed by atoms with E-state index in [-0.39, 0.29) is 22.5 Å². The largest absolute Gasteiger partial charge is 0.478 e. The fourth-order valence-corrected chi connectivity index (χ4v) is 2.00. The minimum atomic E-state index is -0.935. The van der Waals surface area contributed by atoms with Gasteiger partial charge in [0.2, 0.25) is 0 Å². The number of carbonyl (C=O) groups excluding carboxylic acids is 1. The molecule has 0 aromatic rings. The number of esters is 1. The van der Waals surface area contributed by atoms with Crippen LogP contribution in [0.5, 0.6) is 0 Å². The zero-order valence-corrected chi connectivity index (χ0v) is 18.8. The fraction of sp³-hybridized carbons (Fsp3) is 0.714. The monoisotopic (exact) mass is 384 g/mol. The average Bonchev–Trinajstić information content (AvgIpc) is 2.49. The summed E-state index contributed by atoms with van der Waals surface area (Å²) in [6, 6.07) is 0. The lowest BCUT2D eigenvalue weighted by Gasteiger charge is -2.32. The minimum absolute atomic E-state index is 0.162. The van der Waals surface area contributed by atoms with Crippen LogP contribution in [-0.2, 0) is 14.3 Å². The molecule has 0 spiro atoms. The highest BCUT2D eigenvalue weighted by molar-refractivity contribution is 5.87. The Morgan fingerprint density at radius 2 is 1.48 bits per heavy atom. The predicted molar refractivity (Wildman–Crippen MR) is 112 cm³/mol. The molecule has 6 heteroatoms. The highest BCUT2D eigenvalue weighted by Gasteiger charge is 2.24. The van der Waals surface area contributed by atoms with Crippen LogP contribution in [0.4, 0.5) is 0 Å². The number of aliphatic carboxylic acids is 1. The number of hydrogen-bond acceptors (Lipinski definition) is 5. The maximum Gasteiger partial charge on any atom is 0.333 e. The van der Waals surface area contributed by atoms with Crippen LogP contribution in [0, 0.1) is 5.41 Å². The Bertz CT molecular complexity index is 508. The van der Waals surface area contributed by atoms with Gasteiger partial charge in [0, 0.05) is 23.2 Å². The summed E-state index contributed by atoms with van der Waals surface area (Å²) in [6.07, 6.45) is 1.61. The van der Waals surface area contributed by atoms with Gasteiger partial charge >= 0.3 is 11.9 Å². The summed E-state index contributed by atoms with van der Waals surface area (Å²) in [5.41, 5.74) is 0.738. The summed E-state index contributed by atoms with van der Waals surface area (Å²) in [6.45, 7) is 18.4. The topological polar surface area (TPSA) is 70.1 Å². The number of hydrogen-bond donors (Lipinski definition) is 1. The molecule has 0 aromatic carbocycles. The molecular weight excluding hydrogens is 344 g/mol. The quantitative estimate of drug-likeness (QED) is 0.460. The number of rotatable bonds is 10. The van der Waals surface area contributed by atoms with Crippen molar-refractivity contribution in [1.82, 2.24) is 9.80 Å².